The van der Waals surface area contributed by atoms with Gasteiger partial charge >= 0.3 is 5.97 Å². The second-order valence-electron chi connectivity index (χ2n) is 7.10. The zero-order valence-corrected chi connectivity index (χ0v) is 16.1. The predicted octanol–water partition coefficient (Wildman–Crippen LogP) is 2.57. The van der Waals surface area contributed by atoms with E-state index < -0.39 is 0 Å². The van der Waals surface area contributed by atoms with Gasteiger partial charge in [-0.25, -0.2) is 0 Å². The third kappa shape index (κ3) is 3.65. The average Bonchev–Trinajstić information content (AvgIpc) is 2.88. The van der Waals surface area contributed by atoms with E-state index in [2.05, 4.69) is 47.2 Å². The van der Waals surface area contributed by atoms with Gasteiger partial charge in [0.05, 0.1) is 36.6 Å². The molecular weight excluding hydrogens is 334 g/mol. The van der Waals surface area contributed by atoms with E-state index in [0.717, 1.165) is 37.4 Å². The number of ether oxygens (including phenoxy) is 1. The number of quaternary nitrogens is 1. The minimum atomic E-state index is -0.0328. The largest absolute Gasteiger partial charge is 0.466 e. The van der Waals surface area contributed by atoms with Crippen molar-refractivity contribution in [2.75, 3.05) is 19.7 Å². The van der Waals surface area contributed by atoms with Gasteiger partial charge in [0.25, 0.3) is 0 Å². The lowest BCUT2D eigenvalue weighted by molar-refractivity contribution is -0.928. The highest BCUT2D eigenvalue weighted by molar-refractivity contribution is 7.71. The van der Waals surface area contributed by atoms with E-state index >= 15 is 0 Å². The molecule has 136 valence electrons. The molecule has 0 spiro atoms. The lowest BCUT2D eigenvalue weighted by atomic mass is 9.97. The molecule has 1 aliphatic heterocycles. The summed E-state index contributed by atoms with van der Waals surface area (Å²) in [5, 5.41) is 0. The molecule has 5 nitrogen and oxygen atoms in total. The van der Waals surface area contributed by atoms with Crippen LogP contribution in [0.5, 0.6) is 0 Å². The fraction of sp³-hybridized carbons (Fsp3) is 0.579. The number of carbonyl (C=O) groups is 1. The minimum Gasteiger partial charge on any atom is -0.466 e. The molecule has 0 amide bonds. The molecule has 0 atom stereocenters. The normalized spacial score (nSPS) is 21.0. The molecule has 1 saturated heterocycles. The highest BCUT2D eigenvalue weighted by atomic mass is 32.1. The van der Waals surface area contributed by atoms with E-state index in [9.17, 15) is 4.79 Å². The number of fused-ring (bicyclic) bond motifs is 1. The van der Waals surface area contributed by atoms with Gasteiger partial charge in [-0.1, -0.05) is 12.1 Å². The van der Waals surface area contributed by atoms with E-state index in [-0.39, 0.29) is 11.9 Å². The lowest BCUT2D eigenvalue weighted by Gasteiger charge is -2.28. The molecule has 25 heavy (non-hydrogen) atoms. The molecule has 1 aromatic carbocycles. The molecule has 1 N–H and O–H groups in total. The number of carbonyl (C=O) groups excluding carboxylic acids is 1. The van der Waals surface area contributed by atoms with Crippen LogP contribution in [0.1, 0.15) is 39.7 Å². The number of rotatable bonds is 5. The molecule has 0 saturated carbocycles. The molecule has 0 aliphatic carbocycles. The summed E-state index contributed by atoms with van der Waals surface area (Å²) in [7, 11) is 0. The van der Waals surface area contributed by atoms with E-state index in [1.54, 1.807) is 0 Å². The monoisotopic (exact) mass is 362 g/mol. The zero-order valence-electron chi connectivity index (χ0n) is 15.3. The molecule has 6 heteroatoms. The highest BCUT2D eigenvalue weighted by Gasteiger charge is 2.29. The first-order valence-electron chi connectivity index (χ1n) is 9.22. The molecule has 2 heterocycles. The Bertz CT molecular complexity index is 801. The number of imidazole rings is 1. The Kier molecular flexibility index (Phi) is 5.59. The number of esters is 1. The van der Waals surface area contributed by atoms with Crippen LogP contribution < -0.4 is 4.90 Å². The van der Waals surface area contributed by atoms with Gasteiger partial charge in [-0.3, -0.25) is 9.36 Å². The Morgan fingerprint density at radius 1 is 1.28 bits per heavy atom. The van der Waals surface area contributed by atoms with Crippen LogP contribution >= 0.6 is 12.2 Å². The summed E-state index contributed by atoms with van der Waals surface area (Å²) in [4.78, 5) is 13.4. The maximum Gasteiger partial charge on any atom is 0.309 e. The van der Waals surface area contributed by atoms with Crippen molar-refractivity contribution in [1.29, 1.82) is 0 Å². The molecule has 1 aliphatic rings. The number of nitrogens with zero attached hydrogens (tertiary/aromatic N) is 2. The number of aromatic nitrogens is 2. The Morgan fingerprint density at radius 3 is 2.52 bits per heavy atom. The van der Waals surface area contributed by atoms with Gasteiger partial charge in [-0.2, -0.15) is 0 Å². The molecule has 0 unspecified atom stereocenters. The van der Waals surface area contributed by atoms with Crippen LogP contribution in [-0.2, 0) is 16.2 Å². The quantitative estimate of drug-likeness (QED) is 0.656. The number of hydrogen-bond donors (Lipinski definition) is 1. The maximum absolute atomic E-state index is 11.9. The number of piperidine rings is 1. The second-order valence-corrected chi connectivity index (χ2v) is 7.46. The van der Waals surface area contributed by atoms with E-state index in [1.165, 1.54) is 15.9 Å². The molecular formula is C19H28N3O2S+. The summed E-state index contributed by atoms with van der Waals surface area (Å²) in [5.74, 6) is 0.0308. The Hall–Kier alpha value is -1.66. The lowest BCUT2D eigenvalue weighted by Crippen LogP contribution is -3.12. The number of para-hydroxylation sites is 2. The summed E-state index contributed by atoms with van der Waals surface area (Å²) < 4.78 is 10.5. The summed E-state index contributed by atoms with van der Waals surface area (Å²) >= 11 is 5.78. The summed E-state index contributed by atoms with van der Waals surface area (Å²) in [6.45, 7) is 9.49. The first kappa shape index (κ1) is 18.1. The highest BCUT2D eigenvalue weighted by Crippen LogP contribution is 2.21. The van der Waals surface area contributed by atoms with Crippen LogP contribution in [0.15, 0.2) is 24.3 Å². The van der Waals surface area contributed by atoms with Gasteiger partial charge in [0.1, 0.15) is 0 Å². The molecule has 0 radical (unpaired) electrons. The fourth-order valence-electron chi connectivity index (χ4n) is 3.79. The van der Waals surface area contributed by atoms with Gasteiger partial charge in [-0.15, -0.1) is 0 Å². The van der Waals surface area contributed by atoms with Crippen molar-refractivity contribution in [3.63, 3.8) is 0 Å². The number of hydrogen-bond acceptors (Lipinski definition) is 3. The second kappa shape index (κ2) is 7.70. The molecule has 1 fully saturated rings. The third-order valence-corrected chi connectivity index (χ3v) is 5.50. The molecule has 1 aromatic heterocycles. The van der Waals surface area contributed by atoms with Crippen molar-refractivity contribution < 1.29 is 14.4 Å². The third-order valence-electron chi connectivity index (χ3n) is 5.08. The van der Waals surface area contributed by atoms with Crippen LogP contribution in [-0.4, -0.2) is 34.8 Å². The Morgan fingerprint density at radius 2 is 1.92 bits per heavy atom. The van der Waals surface area contributed by atoms with E-state index in [0.29, 0.717) is 12.6 Å². The smallest absolute Gasteiger partial charge is 0.309 e. The first-order valence-corrected chi connectivity index (χ1v) is 9.63. The van der Waals surface area contributed by atoms with Crippen LogP contribution in [0.4, 0.5) is 0 Å². The Balaban J connectivity index is 1.78. The molecule has 0 bridgehead atoms. The standard InChI is InChI=1S/C19H27N3O2S/c1-4-24-18(23)15-9-11-20(12-10-15)13-21-16-7-5-6-8-17(16)22(14(2)3)19(21)25/h5-8,14-15H,4,9-13H2,1-3H3/p+1. The zero-order chi connectivity index (χ0) is 18.0. The van der Waals surface area contributed by atoms with Gasteiger partial charge < -0.3 is 14.2 Å². The summed E-state index contributed by atoms with van der Waals surface area (Å²) in [5.41, 5.74) is 2.39. The van der Waals surface area contributed by atoms with Gasteiger partial charge in [0, 0.05) is 18.9 Å². The predicted molar refractivity (Wildman–Crippen MR) is 101 cm³/mol. The van der Waals surface area contributed by atoms with Gasteiger partial charge in [0.15, 0.2) is 11.4 Å². The fourth-order valence-corrected chi connectivity index (χ4v) is 4.26. The summed E-state index contributed by atoms with van der Waals surface area (Å²) in [6, 6.07) is 8.76. The van der Waals surface area contributed by atoms with Crippen molar-refractivity contribution in [2.24, 2.45) is 5.92 Å². The van der Waals surface area contributed by atoms with Crippen LogP contribution in [0.2, 0.25) is 0 Å². The average molecular weight is 363 g/mol. The van der Waals surface area contributed by atoms with Crippen molar-refractivity contribution in [3.05, 3.63) is 29.0 Å². The van der Waals surface area contributed by atoms with Crippen molar-refractivity contribution in [2.45, 2.75) is 46.3 Å². The van der Waals surface area contributed by atoms with Gasteiger partial charge in [-0.05, 0) is 45.1 Å². The topological polar surface area (TPSA) is 40.6 Å². The SMILES string of the molecule is CCOC(=O)C1CC[NH+](Cn2c(=S)n(C(C)C)c3ccccc32)CC1. The van der Waals surface area contributed by atoms with Crippen LogP contribution in [0, 0.1) is 10.7 Å². The van der Waals surface area contributed by atoms with Crippen LogP contribution in [0.3, 0.4) is 0 Å². The number of nitrogens with one attached hydrogen (secondary N) is 1. The maximum atomic E-state index is 11.9. The van der Waals surface area contributed by atoms with Crippen molar-refractivity contribution >= 4 is 29.2 Å². The van der Waals surface area contributed by atoms with E-state index in [1.807, 2.05) is 6.92 Å². The molecule has 3 rings (SSSR count). The number of benzene rings is 1. The van der Waals surface area contributed by atoms with Gasteiger partial charge in [0.2, 0.25) is 0 Å². The first-order chi connectivity index (χ1) is 12.0. The minimum absolute atomic E-state index is 0.0328. The van der Waals surface area contributed by atoms with Crippen molar-refractivity contribution in [1.82, 2.24) is 9.13 Å². The van der Waals surface area contributed by atoms with E-state index in [4.69, 9.17) is 17.0 Å². The number of likely N-dealkylation sites (tertiary alicyclic amines) is 1. The van der Waals surface area contributed by atoms with Crippen LogP contribution in [0.25, 0.3) is 11.0 Å². The molecule has 2 aromatic rings. The van der Waals surface area contributed by atoms with Crippen molar-refractivity contribution in [3.8, 4) is 0 Å². The Labute approximate surface area is 154 Å². The summed E-state index contributed by atoms with van der Waals surface area (Å²) in [6.07, 6.45) is 1.79.